The molecular weight excluding hydrogens is 181 g/mol. The molecule has 0 spiro atoms. The van der Waals surface area contributed by atoms with Gasteiger partial charge in [-0.15, -0.1) is 0 Å². The highest BCUT2D eigenvalue weighted by Crippen LogP contribution is 2.32. The Bertz CT molecular complexity index is 208. The molecular formula is C8H11Cl2N. The minimum atomic E-state index is -0.425. The summed E-state index contributed by atoms with van der Waals surface area (Å²) in [7, 11) is 3.87. The third kappa shape index (κ3) is 1.98. The van der Waals surface area contributed by atoms with Gasteiger partial charge in [0, 0.05) is 11.5 Å². The van der Waals surface area contributed by atoms with Gasteiger partial charge >= 0.3 is 0 Å². The van der Waals surface area contributed by atoms with Gasteiger partial charge in [-0.05, 0) is 26.2 Å². The molecule has 0 aromatic carbocycles. The molecule has 3 heteroatoms. The van der Waals surface area contributed by atoms with Gasteiger partial charge in [0.1, 0.15) is 5.00 Å². The topological polar surface area (TPSA) is 3.24 Å². The Labute approximate surface area is 77.3 Å². The number of hydrogen-bond donors (Lipinski definition) is 0. The summed E-state index contributed by atoms with van der Waals surface area (Å²) in [6.45, 7) is 0. The fraction of sp³-hybridized carbons (Fsp3) is 0.500. The minimum absolute atomic E-state index is 0.425. The monoisotopic (exact) mass is 191 g/mol. The molecule has 0 amide bonds. The van der Waals surface area contributed by atoms with Crippen LogP contribution in [0.4, 0.5) is 0 Å². The van der Waals surface area contributed by atoms with E-state index in [1.807, 2.05) is 37.2 Å². The fourth-order valence-corrected chi connectivity index (χ4v) is 1.52. The van der Waals surface area contributed by atoms with Crippen LogP contribution in [-0.4, -0.2) is 24.0 Å². The van der Waals surface area contributed by atoms with Crippen LogP contribution >= 0.6 is 23.2 Å². The maximum Gasteiger partial charge on any atom is 0.119 e. The maximum absolute atomic E-state index is 6.22. The Morgan fingerprint density at radius 3 is 2.55 bits per heavy atom. The van der Waals surface area contributed by atoms with E-state index < -0.39 is 5.00 Å². The number of nitrogens with zero attached hydrogens (tertiary/aromatic N) is 1. The zero-order valence-electron chi connectivity index (χ0n) is 6.64. The number of hydrogen-bond acceptors (Lipinski definition) is 1. The lowest BCUT2D eigenvalue weighted by molar-refractivity contribution is 0.300. The van der Waals surface area contributed by atoms with Crippen LogP contribution in [0.1, 0.15) is 6.42 Å². The summed E-state index contributed by atoms with van der Waals surface area (Å²) in [6, 6.07) is 0. The maximum atomic E-state index is 6.22. The first kappa shape index (κ1) is 9.11. The van der Waals surface area contributed by atoms with Gasteiger partial charge in [0.05, 0.1) is 0 Å². The third-order valence-electron chi connectivity index (χ3n) is 1.79. The molecule has 0 saturated heterocycles. The van der Waals surface area contributed by atoms with Crippen molar-refractivity contribution in [3.63, 3.8) is 0 Å². The summed E-state index contributed by atoms with van der Waals surface area (Å²) in [5.41, 5.74) is 0. The molecule has 1 atom stereocenters. The predicted octanol–water partition coefficient (Wildman–Crippen LogP) is 2.57. The molecule has 1 rings (SSSR count). The normalized spacial score (nSPS) is 30.8. The van der Waals surface area contributed by atoms with Crippen molar-refractivity contribution in [3.8, 4) is 0 Å². The molecule has 11 heavy (non-hydrogen) atoms. The van der Waals surface area contributed by atoms with Crippen LogP contribution in [0, 0.1) is 0 Å². The zero-order valence-corrected chi connectivity index (χ0v) is 8.15. The van der Waals surface area contributed by atoms with E-state index in [-0.39, 0.29) is 0 Å². The molecule has 1 unspecified atom stereocenters. The molecule has 0 aromatic heterocycles. The molecule has 0 heterocycles. The van der Waals surface area contributed by atoms with Gasteiger partial charge in [-0.2, -0.15) is 0 Å². The smallest absolute Gasteiger partial charge is 0.119 e. The first-order valence-corrected chi connectivity index (χ1v) is 4.20. The minimum Gasteiger partial charge on any atom is -0.288 e. The summed E-state index contributed by atoms with van der Waals surface area (Å²) in [5.74, 6) is 0. The van der Waals surface area contributed by atoms with Crippen LogP contribution in [0.25, 0.3) is 0 Å². The van der Waals surface area contributed by atoms with Crippen molar-refractivity contribution in [1.29, 1.82) is 0 Å². The van der Waals surface area contributed by atoms with Gasteiger partial charge in [-0.3, -0.25) is 4.90 Å². The van der Waals surface area contributed by atoms with E-state index in [1.165, 1.54) is 0 Å². The average molecular weight is 192 g/mol. The van der Waals surface area contributed by atoms with E-state index in [2.05, 4.69) is 0 Å². The van der Waals surface area contributed by atoms with E-state index in [0.717, 1.165) is 5.03 Å². The van der Waals surface area contributed by atoms with Crippen molar-refractivity contribution in [2.45, 2.75) is 11.4 Å². The van der Waals surface area contributed by atoms with Crippen molar-refractivity contribution in [3.05, 3.63) is 23.3 Å². The van der Waals surface area contributed by atoms with E-state index >= 15 is 0 Å². The van der Waals surface area contributed by atoms with Crippen LogP contribution < -0.4 is 0 Å². The molecule has 0 aromatic rings. The molecule has 0 fully saturated rings. The van der Waals surface area contributed by atoms with Crippen molar-refractivity contribution in [1.82, 2.24) is 4.90 Å². The number of allylic oxidation sites excluding steroid dienone is 2. The number of alkyl halides is 1. The van der Waals surface area contributed by atoms with Crippen molar-refractivity contribution < 1.29 is 0 Å². The zero-order chi connectivity index (χ0) is 8.48. The molecule has 0 bridgehead atoms. The standard InChI is InChI=1S/C8H11Cl2N/c1-11(2)8(10)5-3-4-7(9)6-8/h3-5H,6H2,1-2H3. The molecule has 0 radical (unpaired) electrons. The van der Waals surface area contributed by atoms with Crippen LogP contribution in [0.3, 0.4) is 0 Å². The molecule has 1 aliphatic carbocycles. The number of likely N-dealkylation sites (N-methyl/N-ethyl adjacent to an activating group) is 1. The van der Waals surface area contributed by atoms with Crippen LogP contribution in [0.15, 0.2) is 23.3 Å². The molecule has 0 N–H and O–H groups in total. The highest BCUT2D eigenvalue weighted by molar-refractivity contribution is 6.32. The van der Waals surface area contributed by atoms with Crippen LogP contribution in [0.5, 0.6) is 0 Å². The molecule has 1 aliphatic rings. The Hall–Kier alpha value is 0.0200. The number of halogens is 2. The highest BCUT2D eigenvalue weighted by atomic mass is 35.5. The predicted molar refractivity (Wildman–Crippen MR) is 50.0 cm³/mol. The summed E-state index contributed by atoms with van der Waals surface area (Å²) in [6.07, 6.45) is 6.38. The van der Waals surface area contributed by atoms with Crippen molar-refractivity contribution in [2.24, 2.45) is 0 Å². The summed E-state index contributed by atoms with van der Waals surface area (Å²) in [4.78, 5) is 1.52. The van der Waals surface area contributed by atoms with Gasteiger partial charge in [-0.25, -0.2) is 0 Å². The van der Waals surface area contributed by atoms with Crippen LogP contribution in [-0.2, 0) is 0 Å². The number of rotatable bonds is 1. The quantitative estimate of drug-likeness (QED) is 0.455. The Morgan fingerprint density at radius 2 is 2.18 bits per heavy atom. The fourth-order valence-electron chi connectivity index (χ4n) is 0.962. The molecule has 62 valence electrons. The SMILES string of the molecule is CN(C)C1(Cl)C=CC=C(Cl)C1. The van der Waals surface area contributed by atoms with Gasteiger partial charge < -0.3 is 0 Å². The second-order valence-corrected chi connectivity index (χ2v) is 4.00. The second kappa shape index (κ2) is 3.18. The lowest BCUT2D eigenvalue weighted by Gasteiger charge is -2.32. The molecule has 0 aliphatic heterocycles. The summed E-state index contributed by atoms with van der Waals surface area (Å²) in [5, 5.41) is 0.802. The van der Waals surface area contributed by atoms with Crippen LogP contribution in [0.2, 0.25) is 0 Å². The first-order chi connectivity index (χ1) is 5.04. The lowest BCUT2D eigenvalue weighted by Crippen LogP contribution is -2.37. The second-order valence-electron chi connectivity index (χ2n) is 2.86. The molecule has 0 saturated carbocycles. The highest BCUT2D eigenvalue weighted by Gasteiger charge is 2.28. The van der Waals surface area contributed by atoms with Crippen molar-refractivity contribution in [2.75, 3.05) is 14.1 Å². The van der Waals surface area contributed by atoms with Gasteiger partial charge in [0.15, 0.2) is 0 Å². The third-order valence-corrected chi connectivity index (χ3v) is 2.65. The Kier molecular flexibility index (Phi) is 2.63. The van der Waals surface area contributed by atoms with E-state index in [1.54, 1.807) is 0 Å². The largest absolute Gasteiger partial charge is 0.288 e. The lowest BCUT2D eigenvalue weighted by atomic mass is 10.1. The Balaban J connectivity index is 2.78. The van der Waals surface area contributed by atoms with Gasteiger partial charge in [0.25, 0.3) is 0 Å². The van der Waals surface area contributed by atoms with E-state index in [9.17, 15) is 0 Å². The summed E-state index contributed by atoms with van der Waals surface area (Å²) >= 11 is 12.1. The van der Waals surface area contributed by atoms with Crippen molar-refractivity contribution >= 4 is 23.2 Å². The summed E-state index contributed by atoms with van der Waals surface area (Å²) < 4.78 is 0. The molecule has 1 nitrogen and oxygen atoms in total. The van der Waals surface area contributed by atoms with E-state index in [0.29, 0.717) is 6.42 Å². The Morgan fingerprint density at radius 1 is 1.55 bits per heavy atom. The average Bonchev–Trinajstić information content (AvgIpc) is 1.86. The first-order valence-electron chi connectivity index (χ1n) is 3.45. The van der Waals surface area contributed by atoms with Gasteiger partial charge in [0.2, 0.25) is 0 Å². The van der Waals surface area contributed by atoms with E-state index in [4.69, 9.17) is 23.2 Å². The van der Waals surface area contributed by atoms with Gasteiger partial charge in [-0.1, -0.05) is 29.3 Å².